The third-order valence-electron chi connectivity index (χ3n) is 5.21. The van der Waals surface area contributed by atoms with E-state index < -0.39 is 11.3 Å². The highest BCUT2D eigenvalue weighted by atomic mass is 16.7. The summed E-state index contributed by atoms with van der Waals surface area (Å²) in [6, 6.07) is 11.0. The van der Waals surface area contributed by atoms with Gasteiger partial charge in [0.05, 0.1) is 31.0 Å². The summed E-state index contributed by atoms with van der Waals surface area (Å²) in [6.07, 6.45) is 1.71. The molecule has 0 unspecified atom stereocenters. The van der Waals surface area contributed by atoms with E-state index in [1.807, 2.05) is 18.2 Å². The van der Waals surface area contributed by atoms with Gasteiger partial charge in [0.15, 0.2) is 5.79 Å². The summed E-state index contributed by atoms with van der Waals surface area (Å²) in [5.74, 6) is -0.543. The molecule has 0 bridgehead atoms. The van der Waals surface area contributed by atoms with Crippen molar-refractivity contribution in [1.82, 2.24) is 20.1 Å². The van der Waals surface area contributed by atoms with E-state index in [1.165, 1.54) is 4.68 Å². The lowest BCUT2D eigenvalue weighted by atomic mass is 10.0. The van der Waals surface area contributed by atoms with Gasteiger partial charge in [0.2, 0.25) is 0 Å². The zero-order valence-electron chi connectivity index (χ0n) is 17.8. The number of nitrogens with one attached hydrogen (secondary N) is 1. The number of fused-ring (bicyclic) bond motifs is 1. The molecule has 1 aliphatic heterocycles. The summed E-state index contributed by atoms with van der Waals surface area (Å²) in [6.45, 7) is 3.84. The number of aliphatic hydroxyl groups excluding tert-OH is 1. The number of hydrogen-bond donors (Lipinski definition) is 2. The Labute approximate surface area is 179 Å². The van der Waals surface area contributed by atoms with Gasteiger partial charge in [-0.05, 0) is 44.2 Å². The normalized spacial score (nSPS) is 17.4. The van der Waals surface area contributed by atoms with Gasteiger partial charge in [-0.1, -0.05) is 6.07 Å². The highest BCUT2D eigenvalue weighted by Crippen LogP contribution is 2.27. The summed E-state index contributed by atoms with van der Waals surface area (Å²) in [4.78, 5) is 17.4. The number of nitrogens with zero attached hydrogens (tertiary/aromatic N) is 3. The molecule has 9 nitrogen and oxygen atoms in total. The molecule has 4 rings (SSSR count). The predicted octanol–water partition coefficient (Wildman–Crippen LogP) is 1.79. The molecule has 164 valence electrons. The maximum atomic E-state index is 13.2. The number of carbonyl (C=O) groups excluding carboxylic acids is 1. The number of ether oxygens (including phenoxy) is 3. The van der Waals surface area contributed by atoms with Crippen molar-refractivity contribution >= 4 is 16.8 Å². The fraction of sp³-hybridized carbons (Fsp3) is 0.409. The predicted molar refractivity (Wildman–Crippen MR) is 113 cm³/mol. The average molecular weight is 426 g/mol. The fourth-order valence-corrected chi connectivity index (χ4v) is 3.39. The van der Waals surface area contributed by atoms with Crippen molar-refractivity contribution < 1.29 is 24.1 Å². The molecule has 0 aliphatic carbocycles. The van der Waals surface area contributed by atoms with Gasteiger partial charge in [0, 0.05) is 18.6 Å². The van der Waals surface area contributed by atoms with Gasteiger partial charge in [-0.3, -0.25) is 14.5 Å². The first-order valence-electron chi connectivity index (χ1n) is 10.0. The maximum absolute atomic E-state index is 13.2. The first-order chi connectivity index (χ1) is 14.8. The minimum Gasteiger partial charge on any atom is -0.487 e. The maximum Gasteiger partial charge on any atom is 0.270 e. The van der Waals surface area contributed by atoms with Crippen molar-refractivity contribution in [2.24, 2.45) is 7.05 Å². The van der Waals surface area contributed by atoms with Gasteiger partial charge in [-0.15, -0.1) is 0 Å². The lowest BCUT2D eigenvalue weighted by molar-refractivity contribution is -0.273. The van der Waals surface area contributed by atoms with E-state index in [0.29, 0.717) is 29.0 Å². The lowest BCUT2D eigenvalue weighted by Gasteiger charge is -2.42. The number of carbonyl (C=O) groups is 1. The van der Waals surface area contributed by atoms with E-state index >= 15 is 0 Å². The van der Waals surface area contributed by atoms with Gasteiger partial charge < -0.3 is 24.6 Å². The van der Waals surface area contributed by atoms with E-state index in [1.54, 1.807) is 45.3 Å². The molecule has 1 saturated heterocycles. The smallest absolute Gasteiger partial charge is 0.270 e. The molecule has 1 aromatic carbocycles. The highest BCUT2D eigenvalue weighted by Gasteiger charge is 2.41. The average Bonchev–Trinajstić information content (AvgIpc) is 3.10. The largest absolute Gasteiger partial charge is 0.487 e. The molecule has 3 heterocycles. The second-order valence-corrected chi connectivity index (χ2v) is 8.13. The summed E-state index contributed by atoms with van der Waals surface area (Å²) in [5.41, 5.74) is 0.789. The lowest BCUT2D eigenvalue weighted by Crippen LogP contribution is -2.63. The van der Waals surface area contributed by atoms with Crippen molar-refractivity contribution in [3.63, 3.8) is 0 Å². The first-order valence-corrected chi connectivity index (χ1v) is 10.0. The molecule has 0 spiro atoms. The van der Waals surface area contributed by atoms with Crippen LogP contribution in [0.1, 0.15) is 30.0 Å². The Bertz CT molecular complexity index is 1070. The molecule has 0 radical (unpaired) electrons. The molecule has 0 saturated carbocycles. The van der Waals surface area contributed by atoms with Crippen molar-refractivity contribution in [3.05, 3.63) is 54.0 Å². The van der Waals surface area contributed by atoms with Crippen LogP contribution in [0.3, 0.4) is 0 Å². The number of aromatic nitrogens is 3. The van der Waals surface area contributed by atoms with Crippen LogP contribution in [0.25, 0.3) is 10.9 Å². The minimum atomic E-state index is -1.03. The Balaban J connectivity index is 1.56. The topological polar surface area (TPSA) is 108 Å². The van der Waals surface area contributed by atoms with Crippen LogP contribution in [0.2, 0.25) is 0 Å². The number of aliphatic hydroxyl groups is 1. The molecule has 1 aliphatic rings. The number of benzene rings is 1. The monoisotopic (exact) mass is 426 g/mol. The zero-order chi connectivity index (χ0) is 22.1. The zero-order valence-corrected chi connectivity index (χ0v) is 17.8. The van der Waals surface area contributed by atoms with Gasteiger partial charge in [0.25, 0.3) is 5.91 Å². The Kier molecular flexibility index (Phi) is 5.65. The molecule has 0 atom stereocenters. The van der Waals surface area contributed by atoms with Crippen LogP contribution in [-0.2, 0) is 23.1 Å². The number of hydrogen-bond acceptors (Lipinski definition) is 7. The second kappa shape index (κ2) is 8.26. The van der Waals surface area contributed by atoms with Gasteiger partial charge in [-0.25, -0.2) is 0 Å². The van der Waals surface area contributed by atoms with E-state index in [4.69, 9.17) is 14.2 Å². The fourth-order valence-electron chi connectivity index (χ4n) is 3.39. The van der Waals surface area contributed by atoms with Crippen LogP contribution >= 0.6 is 0 Å². The Morgan fingerprint density at radius 2 is 2.03 bits per heavy atom. The van der Waals surface area contributed by atoms with Crippen LogP contribution < -0.4 is 10.1 Å². The third-order valence-corrected chi connectivity index (χ3v) is 5.21. The first kappa shape index (κ1) is 21.2. The van der Waals surface area contributed by atoms with Gasteiger partial charge in [0.1, 0.15) is 23.6 Å². The van der Waals surface area contributed by atoms with Crippen LogP contribution in [0.4, 0.5) is 0 Å². The van der Waals surface area contributed by atoms with Crippen LogP contribution in [0.15, 0.2) is 42.6 Å². The number of amides is 1. The van der Waals surface area contributed by atoms with E-state index in [2.05, 4.69) is 15.4 Å². The molecule has 2 N–H and O–H groups in total. The Morgan fingerprint density at radius 1 is 1.26 bits per heavy atom. The van der Waals surface area contributed by atoms with Crippen LogP contribution in [0, 0.1) is 0 Å². The summed E-state index contributed by atoms with van der Waals surface area (Å²) >= 11 is 0. The van der Waals surface area contributed by atoms with Gasteiger partial charge >= 0.3 is 0 Å². The van der Waals surface area contributed by atoms with Crippen molar-refractivity contribution in [1.29, 1.82) is 0 Å². The van der Waals surface area contributed by atoms with Crippen molar-refractivity contribution in [3.8, 4) is 5.75 Å². The molecule has 1 amide bonds. The molecular formula is C22H26N4O5. The number of pyridine rings is 1. The molecule has 3 aromatic rings. The SMILES string of the molecule is Cn1nc2ccc(OCc3ccccn3)cc2c1C(=O)NC1(CO)COC(C)(C)OC1. The molecular weight excluding hydrogens is 400 g/mol. The van der Waals surface area contributed by atoms with Crippen LogP contribution in [-0.4, -0.2) is 56.9 Å². The van der Waals surface area contributed by atoms with Crippen molar-refractivity contribution in [2.45, 2.75) is 31.8 Å². The number of aryl methyl sites for hydroxylation is 1. The van der Waals surface area contributed by atoms with E-state index in [9.17, 15) is 9.90 Å². The second-order valence-electron chi connectivity index (χ2n) is 8.13. The van der Waals surface area contributed by atoms with Crippen molar-refractivity contribution in [2.75, 3.05) is 19.8 Å². The number of rotatable bonds is 6. The minimum absolute atomic E-state index is 0.135. The van der Waals surface area contributed by atoms with E-state index in [0.717, 1.165) is 5.69 Å². The summed E-state index contributed by atoms with van der Waals surface area (Å²) in [7, 11) is 1.70. The van der Waals surface area contributed by atoms with Gasteiger partial charge in [-0.2, -0.15) is 5.10 Å². The van der Waals surface area contributed by atoms with E-state index in [-0.39, 0.29) is 25.7 Å². The standard InChI is InChI=1S/C22H26N4O5/c1-21(2)30-13-22(12-27,14-31-21)24-20(28)19-17-10-16(7-8-18(17)25-26(19)3)29-11-15-6-4-5-9-23-15/h4-10,27H,11-14H2,1-3H3,(H,24,28). The Hall–Kier alpha value is -3.01. The van der Waals surface area contributed by atoms with Crippen LogP contribution in [0.5, 0.6) is 5.75 Å². The Morgan fingerprint density at radius 3 is 2.71 bits per heavy atom. The molecule has 2 aromatic heterocycles. The highest BCUT2D eigenvalue weighted by molar-refractivity contribution is 6.05. The third kappa shape index (κ3) is 4.53. The quantitative estimate of drug-likeness (QED) is 0.619. The summed E-state index contributed by atoms with van der Waals surface area (Å²) in [5, 5.41) is 17.9. The molecule has 9 heteroatoms. The molecule has 31 heavy (non-hydrogen) atoms. The molecule has 1 fully saturated rings. The summed E-state index contributed by atoms with van der Waals surface area (Å²) < 4.78 is 18.7.